The molecule has 0 saturated heterocycles. The molecule has 1 aromatic heterocycles. The van der Waals surface area contributed by atoms with Gasteiger partial charge in [-0.25, -0.2) is 13.4 Å². The number of nitrogens with one attached hydrogen (secondary N) is 2. The average molecular weight is 288 g/mol. The number of fused-ring (bicyclic) bond motifs is 1. The van der Waals surface area contributed by atoms with Gasteiger partial charge in [0, 0.05) is 0 Å². The second kappa shape index (κ2) is 4.53. The third-order valence-electron chi connectivity index (χ3n) is 2.83. The predicted molar refractivity (Wildman–Crippen MR) is 77.8 cm³/mol. The van der Waals surface area contributed by atoms with Crippen molar-refractivity contribution in [1.82, 2.24) is 9.97 Å². The minimum absolute atomic E-state index is 0.195. The summed E-state index contributed by atoms with van der Waals surface area (Å²) in [6.07, 6.45) is 0. The first kappa shape index (κ1) is 12.5. The second-order valence-electron chi connectivity index (χ2n) is 4.24. The Labute approximate surface area is 115 Å². The fraction of sp³-hybridized carbons (Fsp3) is 0. The molecule has 2 aromatic carbocycles. The standard InChI is InChI=1S/C13H12N4O2S/c14-13-15-10-7-4-8-11(12(10)16-13)17-20(18,19)9-5-2-1-3-6-9/h1-8,17H,(H3,14,15,16). The van der Waals surface area contributed by atoms with Gasteiger partial charge in [0.15, 0.2) is 5.95 Å². The van der Waals surface area contributed by atoms with E-state index >= 15 is 0 Å². The van der Waals surface area contributed by atoms with Gasteiger partial charge in [-0.2, -0.15) is 0 Å². The minimum Gasteiger partial charge on any atom is -0.369 e. The SMILES string of the molecule is Nc1nc2c(NS(=O)(=O)c3ccccc3)cccc2[nH]1. The van der Waals surface area contributed by atoms with Crippen LogP contribution in [0.15, 0.2) is 53.4 Å². The van der Waals surface area contributed by atoms with Gasteiger partial charge in [0.05, 0.1) is 16.1 Å². The van der Waals surface area contributed by atoms with E-state index in [1.54, 1.807) is 36.4 Å². The quantitative estimate of drug-likeness (QED) is 0.685. The first-order valence-electron chi connectivity index (χ1n) is 5.88. The molecule has 0 fully saturated rings. The zero-order chi connectivity index (χ0) is 14.2. The van der Waals surface area contributed by atoms with E-state index in [1.807, 2.05) is 0 Å². The number of aromatic nitrogens is 2. The van der Waals surface area contributed by atoms with E-state index in [0.29, 0.717) is 16.7 Å². The smallest absolute Gasteiger partial charge is 0.261 e. The van der Waals surface area contributed by atoms with Crippen LogP contribution in [0.25, 0.3) is 11.0 Å². The molecule has 3 rings (SSSR count). The van der Waals surface area contributed by atoms with Gasteiger partial charge in [0.1, 0.15) is 5.52 Å². The molecule has 0 bridgehead atoms. The molecular weight excluding hydrogens is 276 g/mol. The zero-order valence-electron chi connectivity index (χ0n) is 10.4. The molecule has 20 heavy (non-hydrogen) atoms. The normalized spacial score (nSPS) is 11.6. The number of hydrogen-bond donors (Lipinski definition) is 3. The fourth-order valence-electron chi connectivity index (χ4n) is 1.94. The van der Waals surface area contributed by atoms with Crippen LogP contribution in [-0.2, 0) is 10.0 Å². The third-order valence-corrected chi connectivity index (χ3v) is 4.21. The highest BCUT2D eigenvalue weighted by atomic mass is 32.2. The minimum atomic E-state index is -3.64. The number of nitrogen functional groups attached to an aromatic ring is 1. The molecule has 0 aliphatic rings. The first-order valence-corrected chi connectivity index (χ1v) is 7.37. The van der Waals surface area contributed by atoms with Crippen molar-refractivity contribution in [3.63, 3.8) is 0 Å². The average Bonchev–Trinajstić information content (AvgIpc) is 2.81. The van der Waals surface area contributed by atoms with Gasteiger partial charge < -0.3 is 10.7 Å². The number of nitrogens with two attached hydrogens (primary N) is 1. The number of H-pyrrole nitrogens is 1. The summed E-state index contributed by atoms with van der Waals surface area (Å²) in [4.78, 5) is 7.14. The lowest BCUT2D eigenvalue weighted by Crippen LogP contribution is -2.13. The number of sulfonamides is 1. The third kappa shape index (κ3) is 2.19. The van der Waals surface area contributed by atoms with Gasteiger partial charge in [-0.15, -0.1) is 0 Å². The molecule has 0 amide bonds. The summed E-state index contributed by atoms with van der Waals surface area (Å²) in [5.74, 6) is 0.242. The van der Waals surface area contributed by atoms with Crippen LogP contribution in [0.5, 0.6) is 0 Å². The van der Waals surface area contributed by atoms with Crippen LogP contribution in [0.3, 0.4) is 0 Å². The van der Waals surface area contributed by atoms with Gasteiger partial charge in [-0.1, -0.05) is 24.3 Å². The summed E-state index contributed by atoms with van der Waals surface area (Å²) in [7, 11) is -3.64. The fourth-order valence-corrected chi connectivity index (χ4v) is 3.02. The number of benzene rings is 2. The highest BCUT2D eigenvalue weighted by molar-refractivity contribution is 7.92. The van der Waals surface area contributed by atoms with E-state index in [0.717, 1.165) is 0 Å². The number of para-hydroxylation sites is 1. The molecule has 7 heteroatoms. The summed E-state index contributed by atoms with van der Waals surface area (Å²) >= 11 is 0. The van der Waals surface area contributed by atoms with Crippen LogP contribution < -0.4 is 10.5 Å². The van der Waals surface area contributed by atoms with E-state index in [9.17, 15) is 8.42 Å². The van der Waals surface area contributed by atoms with Crippen LogP contribution in [0.2, 0.25) is 0 Å². The van der Waals surface area contributed by atoms with Crippen molar-refractivity contribution < 1.29 is 8.42 Å². The Bertz CT molecular complexity index is 856. The van der Waals surface area contributed by atoms with Crippen LogP contribution in [-0.4, -0.2) is 18.4 Å². The summed E-state index contributed by atoms with van der Waals surface area (Å²) in [6, 6.07) is 13.3. The largest absolute Gasteiger partial charge is 0.369 e. The van der Waals surface area contributed by atoms with Gasteiger partial charge in [-0.05, 0) is 24.3 Å². The molecule has 4 N–H and O–H groups in total. The molecule has 3 aromatic rings. The molecule has 0 spiro atoms. The van der Waals surface area contributed by atoms with Crippen LogP contribution in [0.1, 0.15) is 0 Å². The number of anilines is 2. The van der Waals surface area contributed by atoms with Gasteiger partial charge in [0.25, 0.3) is 10.0 Å². The van der Waals surface area contributed by atoms with Gasteiger partial charge in [0.2, 0.25) is 0 Å². The number of aromatic amines is 1. The molecule has 0 radical (unpaired) electrons. The lowest BCUT2D eigenvalue weighted by Gasteiger charge is -2.08. The van der Waals surface area contributed by atoms with Crippen molar-refractivity contribution in [3.05, 3.63) is 48.5 Å². The number of hydrogen-bond acceptors (Lipinski definition) is 4. The van der Waals surface area contributed by atoms with Crippen molar-refractivity contribution in [2.45, 2.75) is 4.90 Å². The van der Waals surface area contributed by atoms with E-state index in [2.05, 4.69) is 14.7 Å². The first-order chi connectivity index (χ1) is 9.56. The van der Waals surface area contributed by atoms with Crippen LogP contribution >= 0.6 is 0 Å². The highest BCUT2D eigenvalue weighted by Gasteiger charge is 2.16. The molecule has 0 saturated carbocycles. The van der Waals surface area contributed by atoms with Gasteiger partial charge >= 0.3 is 0 Å². The van der Waals surface area contributed by atoms with Crippen molar-refractivity contribution in [2.75, 3.05) is 10.5 Å². The van der Waals surface area contributed by atoms with E-state index in [1.165, 1.54) is 12.1 Å². The van der Waals surface area contributed by atoms with Gasteiger partial charge in [-0.3, -0.25) is 4.72 Å². The Morgan fingerprint density at radius 2 is 1.80 bits per heavy atom. The lowest BCUT2D eigenvalue weighted by atomic mass is 10.3. The molecular formula is C13H12N4O2S. The molecule has 102 valence electrons. The van der Waals surface area contributed by atoms with Crippen molar-refractivity contribution in [1.29, 1.82) is 0 Å². The van der Waals surface area contributed by atoms with Crippen molar-refractivity contribution in [2.24, 2.45) is 0 Å². The molecule has 0 aliphatic carbocycles. The second-order valence-corrected chi connectivity index (χ2v) is 5.92. The number of imidazole rings is 1. The molecule has 0 unspecified atom stereocenters. The predicted octanol–water partition coefficient (Wildman–Crippen LogP) is 1.95. The zero-order valence-corrected chi connectivity index (χ0v) is 11.2. The Kier molecular flexibility index (Phi) is 2.83. The van der Waals surface area contributed by atoms with Crippen LogP contribution in [0, 0.1) is 0 Å². The monoisotopic (exact) mass is 288 g/mol. The Hall–Kier alpha value is -2.54. The number of nitrogens with zero attached hydrogens (tertiary/aromatic N) is 1. The van der Waals surface area contributed by atoms with E-state index < -0.39 is 10.0 Å². The van der Waals surface area contributed by atoms with Crippen molar-refractivity contribution >= 4 is 32.7 Å². The Morgan fingerprint density at radius 1 is 1.05 bits per heavy atom. The maximum atomic E-state index is 12.3. The topological polar surface area (TPSA) is 101 Å². The van der Waals surface area contributed by atoms with E-state index in [-0.39, 0.29) is 10.8 Å². The Morgan fingerprint density at radius 3 is 2.55 bits per heavy atom. The lowest BCUT2D eigenvalue weighted by molar-refractivity contribution is 0.601. The molecule has 0 aliphatic heterocycles. The molecule has 1 heterocycles. The highest BCUT2D eigenvalue weighted by Crippen LogP contribution is 2.24. The molecule has 0 atom stereocenters. The summed E-state index contributed by atoms with van der Waals surface area (Å²) < 4.78 is 27.1. The van der Waals surface area contributed by atoms with E-state index in [4.69, 9.17) is 5.73 Å². The summed E-state index contributed by atoms with van der Waals surface area (Å²) in [6.45, 7) is 0. The maximum absolute atomic E-state index is 12.3. The summed E-state index contributed by atoms with van der Waals surface area (Å²) in [5.41, 5.74) is 7.15. The summed E-state index contributed by atoms with van der Waals surface area (Å²) in [5, 5.41) is 0. The number of rotatable bonds is 3. The maximum Gasteiger partial charge on any atom is 0.261 e. The van der Waals surface area contributed by atoms with Crippen LogP contribution in [0.4, 0.5) is 11.6 Å². The molecule has 6 nitrogen and oxygen atoms in total. The van der Waals surface area contributed by atoms with Crippen molar-refractivity contribution in [3.8, 4) is 0 Å². The Balaban J connectivity index is 2.05.